The van der Waals surface area contributed by atoms with Gasteiger partial charge < -0.3 is 14.4 Å². The second kappa shape index (κ2) is 9.05. The molecule has 3 aromatic rings. The van der Waals surface area contributed by atoms with Crippen LogP contribution in [0.5, 0.6) is 5.75 Å². The van der Waals surface area contributed by atoms with E-state index in [0.717, 1.165) is 26.4 Å². The van der Waals surface area contributed by atoms with Gasteiger partial charge in [-0.15, -0.1) is 11.3 Å². The zero-order valence-corrected chi connectivity index (χ0v) is 17.8. The Balaban J connectivity index is 1.58. The Hall–Kier alpha value is -2.93. The summed E-state index contributed by atoms with van der Waals surface area (Å²) in [6, 6.07) is 13.3. The van der Waals surface area contributed by atoms with Gasteiger partial charge in [0.15, 0.2) is 6.61 Å². The average molecular weight is 413 g/mol. The SMILES string of the molecule is COc1ccc(C)cc1CC(=O)OCC(=O)N(C)[C@H](C)c1nc2ccccc2s1. The monoisotopic (exact) mass is 412 g/mol. The molecule has 0 fully saturated rings. The number of hydrogen-bond donors (Lipinski definition) is 0. The third-order valence-corrected chi connectivity index (χ3v) is 5.98. The molecule has 0 aliphatic carbocycles. The number of likely N-dealkylation sites (N-methyl/N-ethyl adjacent to an activating group) is 1. The molecule has 1 aromatic heterocycles. The summed E-state index contributed by atoms with van der Waals surface area (Å²) in [6.45, 7) is 3.55. The molecule has 1 atom stereocenters. The third kappa shape index (κ3) is 4.92. The molecule has 0 aliphatic rings. The van der Waals surface area contributed by atoms with Crippen LogP contribution in [0.15, 0.2) is 42.5 Å². The summed E-state index contributed by atoms with van der Waals surface area (Å²) in [6.07, 6.45) is 0.0509. The summed E-state index contributed by atoms with van der Waals surface area (Å²) < 4.78 is 11.6. The Labute approximate surface area is 174 Å². The molecule has 152 valence electrons. The van der Waals surface area contributed by atoms with Gasteiger partial charge >= 0.3 is 5.97 Å². The van der Waals surface area contributed by atoms with Gasteiger partial charge in [-0.2, -0.15) is 0 Å². The maximum absolute atomic E-state index is 12.5. The normalized spacial score (nSPS) is 11.9. The predicted molar refractivity (Wildman–Crippen MR) is 113 cm³/mol. The Morgan fingerprint density at radius 3 is 2.69 bits per heavy atom. The fourth-order valence-electron chi connectivity index (χ4n) is 2.95. The van der Waals surface area contributed by atoms with Crippen LogP contribution in [0.4, 0.5) is 0 Å². The Bertz CT molecular complexity index is 998. The van der Waals surface area contributed by atoms with Crippen molar-refractivity contribution >= 4 is 33.4 Å². The van der Waals surface area contributed by atoms with Crippen LogP contribution < -0.4 is 4.74 Å². The van der Waals surface area contributed by atoms with Gasteiger partial charge in [-0.05, 0) is 32.0 Å². The standard InChI is InChI=1S/C22H24N2O4S/c1-14-9-10-18(27-4)16(11-14)12-21(26)28-13-20(25)24(3)15(2)22-23-17-7-5-6-8-19(17)29-22/h5-11,15H,12-13H2,1-4H3/t15-/m1/s1. The van der Waals surface area contributed by atoms with Crippen LogP contribution in [-0.4, -0.2) is 42.5 Å². The summed E-state index contributed by atoms with van der Waals surface area (Å²) in [7, 11) is 3.25. The molecule has 0 spiro atoms. The van der Waals surface area contributed by atoms with Crippen molar-refractivity contribution in [2.24, 2.45) is 0 Å². The fourth-order valence-corrected chi connectivity index (χ4v) is 4.01. The van der Waals surface area contributed by atoms with Crippen molar-refractivity contribution in [3.8, 4) is 5.75 Å². The molecule has 0 saturated carbocycles. The number of benzene rings is 2. The van der Waals surface area contributed by atoms with E-state index in [1.165, 1.54) is 0 Å². The minimum atomic E-state index is -0.469. The van der Waals surface area contributed by atoms with Crippen LogP contribution >= 0.6 is 11.3 Å². The highest BCUT2D eigenvalue weighted by Crippen LogP contribution is 2.28. The molecule has 0 unspecified atom stereocenters. The average Bonchev–Trinajstić information content (AvgIpc) is 3.15. The molecule has 7 heteroatoms. The van der Waals surface area contributed by atoms with Crippen molar-refractivity contribution in [3.63, 3.8) is 0 Å². The summed E-state index contributed by atoms with van der Waals surface area (Å²) in [5.41, 5.74) is 2.67. The van der Waals surface area contributed by atoms with Crippen LogP contribution in [0.25, 0.3) is 10.2 Å². The smallest absolute Gasteiger partial charge is 0.310 e. The lowest BCUT2D eigenvalue weighted by molar-refractivity contribution is -0.151. The highest BCUT2D eigenvalue weighted by molar-refractivity contribution is 7.18. The molecule has 0 radical (unpaired) electrons. The summed E-state index contributed by atoms with van der Waals surface area (Å²) in [5.74, 6) is -0.120. The van der Waals surface area contributed by atoms with Crippen molar-refractivity contribution < 1.29 is 19.1 Å². The lowest BCUT2D eigenvalue weighted by Crippen LogP contribution is -2.33. The van der Waals surface area contributed by atoms with E-state index in [0.29, 0.717) is 5.75 Å². The lowest BCUT2D eigenvalue weighted by Gasteiger charge is -2.23. The van der Waals surface area contributed by atoms with Crippen molar-refractivity contribution in [3.05, 3.63) is 58.6 Å². The van der Waals surface area contributed by atoms with Gasteiger partial charge in [0, 0.05) is 12.6 Å². The number of para-hydroxylation sites is 1. The number of hydrogen-bond acceptors (Lipinski definition) is 6. The first-order valence-electron chi connectivity index (χ1n) is 9.29. The van der Waals surface area contributed by atoms with E-state index in [4.69, 9.17) is 9.47 Å². The van der Waals surface area contributed by atoms with Crippen molar-refractivity contribution in [1.82, 2.24) is 9.88 Å². The van der Waals surface area contributed by atoms with Crippen LogP contribution in [0, 0.1) is 6.92 Å². The number of carbonyl (C=O) groups excluding carboxylic acids is 2. The van der Waals surface area contributed by atoms with Gasteiger partial charge in [0.25, 0.3) is 5.91 Å². The van der Waals surface area contributed by atoms with E-state index in [-0.39, 0.29) is 25.0 Å². The van der Waals surface area contributed by atoms with Gasteiger partial charge in [0.05, 0.1) is 29.8 Å². The van der Waals surface area contributed by atoms with Gasteiger partial charge in [-0.25, -0.2) is 4.98 Å². The molecule has 6 nitrogen and oxygen atoms in total. The summed E-state index contributed by atoms with van der Waals surface area (Å²) >= 11 is 1.56. The minimum absolute atomic E-state index is 0.0509. The number of aryl methyl sites for hydroxylation is 1. The van der Waals surface area contributed by atoms with Gasteiger partial charge in [0.1, 0.15) is 10.8 Å². The highest BCUT2D eigenvalue weighted by Gasteiger charge is 2.22. The first kappa shape index (κ1) is 20.8. The number of methoxy groups -OCH3 is 1. The zero-order valence-electron chi connectivity index (χ0n) is 17.0. The highest BCUT2D eigenvalue weighted by atomic mass is 32.1. The second-order valence-corrected chi connectivity index (χ2v) is 7.92. The van der Waals surface area contributed by atoms with E-state index in [1.807, 2.05) is 56.3 Å². The van der Waals surface area contributed by atoms with Crippen molar-refractivity contribution in [1.29, 1.82) is 0 Å². The molecule has 0 saturated heterocycles. The predicted octanol–water partition coefficient (Wildman–Crippen LogP) is 3.92. The first-order valence-corrected chi connectivity index (χ1v) is 10.1. The first-order chi connectivity index (χ1) is 13.9. The number of amides is 1. The minimum Gasteiger partial charge on any atom is -0.496 e. The summed E-state index contributed by atoms with van der Waals surface area (Å²) in [4.78, 5) is 30.9. The Morgan fingerprint density at radius 1 is 1.21 bits per heavy atom. The molecule has 0 aliphatic heterocycles. The van der Waals surface area contributed by atoms with Crippen molar-refractivity contribution in [2.75, 3.05) is 20.8 Å². The zero-order chi connectivity index (χ0) is 21.0. The Morgan fingerprint density at radius 2 is 1.97 bits per heavy atom. The number of thiazole rings is 1. The number of aromatic nitrogens is 1. The Kier molecular flexibility index (Phi) is 6.49. The van der Waals surface area contributed by atoms with E-state index >= 15 is 0 Å². The number of nitrogens with zero attached hydrogens (tertiary/aromatic N) is 2. The van der Waals surface area contributed by atoms with Gasteiger partial charge in [0.2, 0.25) is 0 Å². The summed E-state index contributed by atoms with van der Waals surface area (Å²) in [5, 5.41) is 0.845. The molecular weight excluding hydrogens is 388 g/mol. The molecule has 29 heavy (non-hydrogen) atoms. The molecular formula is C22H24N2O4S. The largest absolute Gasteiger partial charge is 0.496 e. The van der Waals surface area contributed by atoms with Crippen LogP contribution in [0.3, 0.4) is 0 Å². The molecule has 0 N–H and O–H groups in total. The molecule has 3 rings (SSSR count). The van der Waals surface area contributed by atoms with E-state index in [9.17, 15) is 9.59 Å². The maximum Gasteiger partial charge on any atom is 0.310 e. The van der Waals surface area contributed by atoms with Gasteiger partial charge in [-0.3, -0.25) is 9.59 Å². The molecule has 1 heterocycles. The van der Waals surface area contributed by atoms with Crippen LogP contribution in [0.1, 0.15) is 29.1 Å². The van der Waals surface area contributed by atoms with Crippen LogP contribution in [0.2, 0.25) is 0 Å². The quantitative estimate of drug-likeness (QED) is 0.550. The fraction of sp³-hybridized carbons (Fsp3) is 0.318. The maximum atomic E-state index is 12.5. The van der Waals surface area contributed by atoms with E-state index < -0.39 is 5.97 Å². The number of ether oxygens (including phenoxy) is 2. The van der Waals surface area contributed by atoms with Gasteiger partial charge in [-0.1, -0.05) is 29.8 Å². The van der Waals surface area contributed by atoms with E-state index in [2.05, 4.69) is 4.98 Å². The molecule has 0 bridgehead atoms. The number of esters is 1. The number of rotatable bonds is 7. The van der Waals surface area contributed by atoms with Crippen LogP contribution in [-0.2, 0) is 20.7 Å². The second-order valence-electron chi connectivity index (χ2n) is 6.85. The third-order valence-electron chi connectivity index (χ3n) is 4.77. The van der Waals surface area contributed by atoms with Crippen molar-refractivity contribution in [2.45, 2.75) is 26.3 Å². The number of fused-ring (bicyclic) bond motifs is 1. The number of carbonyl (C=O) groups is 2. The lowest BCUT2D eigenvalue weighted by atomic mass is 10.1. The molecule has 1 amide bonds. The molecule has 2 aromatic carbocycles. The topological polar surface area (TPSA) is 68.7 Å². The van der Waals surface area contributed by atoms with E-state index in [1.54, 1.807) is 30.4 Å².